The van der Waals surface area contributed by atoms with Crippen molar-refractivity contribution in [1.82, 2.24) is 24.4 Å². The van der Waals surface area contributed by atoms with Gasteiger partial charge in [0.05, 0.1) is 25.0 Å². The highest BCUT2D eigenvalue weighted by atomic mass is 19.3. The van der Waals surface area contributed by atoms with E-state index < -0.39 is 18.0 Å². The Hall–Kier alpha value is -3.04. The number of fused-ring (bicyclic) bond motifs is 1. The molecule has 1 N–H and O–H groups in total. The van der Waals surface area contributed by atoms with Crippen LogP contribution in [0.15, 0.2) is 24.7 Å². The molecular formula is C21H26F2N6O2. The minimum Gasteiger partial charge on any atom is -0.481 e. The third-order valence-corrected chi connectivity index (χ3v) is 6.07. The second kappa shape index (κ2) is 8.60. The van der Waals surface area contributed by atoms with E-state index in [-0.39, 0.29) is 22.9 Å². The van der Waals surface area contributed by atoms with E-state index in [1.165, 1.54) is 24.0 Å². The summed E-state index contributed by atoms with van der Waals surface area (Å²) >= 11 is 0. The molecule has 0 saturated heterocycles. The van der Waals surface area contributed by atoms with Crippen LogP contribution < -0.4 is 10.1 Å². The van der Waals surface area contributed by atoms with E-state index in [2.05, 4.69) is 34.3 Å². The molecule has 0 spiro atoms. The lowest BCUT2D eigenvalue weighted by Crippen LogP contribution is -2.21. The monoisotopic (exact) mass is 432 g/mol. The largest absolute Gasteiger partial charge is 0.481 e. The molecule has 3 heterocycles. The molecule has 0 radical (unpaired) electrons. The third-order valence-electron chi connectivity index (χ3n) is 6.07. The van der Waals surface area contributed by atoms with Crippen molar-refractivity contribution in [3.8, 4) is 5.88 Å². The summed E-state index contributed by atoms with van der Waals surface area (Å²) in [6.07, 6.45) is 5.53. The molecule has 1 amide bonds. The molecular weight excluding hydrogens is 406 g/mol. The molecule has 1 fully saturated rings. The molecule has 3 aromatic heterocycles. The number of aromatic nitrogens is 5. The minimum absolute atomic E-state index is 0.00762. The first-order valence-corrected chi connectivity index (χ1v) is 10.4. The Morgan fingerprint density at radius 1 is 1.26 bits per heavy atom. The van der Waals surface area contributed by atoms with Crippen LogP contribution in [0.25, 0.3) is 5.65 Å². The zero-order valence-electron chi connectivity index (χ0n) is 17.8. The van der Waals surface area contributed by atoms with E-state index in [9.17, 15) is 13.6 Å². The Morgan fingerprint density at radius 3 is 2.65 bits per heavy atom. The van der Waals surface area contributed by atoms with Gasteiger partial charge in [-0.05, 0) is 37.5 Å². The fourth-order valence-corrected chi connectivity index (χ4v) is 4.20. The Bertz CT molecular complexity index is 1070. The first-order chi connectivity index (χ1) is 14.9. The lowest BCUT2D eigenvalue weighted by molar-refractivity contribution is 0.102. The minimum atomic E-state index is -2.80. The van der Waals surface area contributed by atoms with Crippen LogP contribution in [-0.2, 0) is 0 Å². The van der Waals surface area contributed by atoms with E-state index >= 15 is 0 Å². The fraction of sp³-hybridized carbons (Fsp3) is 0.524. The van der Waals surface area contributed by atoms with Crippen molar-refractivity contribution in [2.45, 2.75) is 52.0 Å². The van der Waals surface area contributed by atoms with Crippen LogP contribution in [0, 0.1) is 11.8 Å². The van der Waals surface area contributed by atoms with Gasteiger partial charge >= 0.3 is 0 Å². The number of nitrogens with zero attached hydrogens (tertiary/aromatic N) is 5. The number of methoxy groups -OCH3 is 1. The number of halogens is 2. The summed E-state index contributed by atoms with van der Waals surface area (Å²) in [4.78, 5) is 17.1. The SMILES string of the molecule is COc1ccn2ncc(C(=O)Nc3cn(C4CCC(C(C)C)CC4)nc3C(F)F)c2n1. The normalized spacial score (nSPS) is 19.3. The quantitative estimate of drug-likeness (QED) is 0.619. The Balaban J connectivity index is 1.56. The molecule has 31 heavy (non-hydrogen) atoms. The van der Waals surface area contributed by atoms with E-state index in [4.69, 9.17) is 4.74 Å². The van der Waals surface area contributed by atoms with Crippen LogP contribution in [0.3, 0.4) is 0 Å². The molecule has 10 heteroatoms. The molecule has 166 valence electrons. The van der Waals surface area contributed by atoms with E-state index in [1.54, 1.807) is 16.9 Å². The number of carbonyl (C=O) groups excluding carboxylic acids is 1. The van der Waals surface area contributed by atoms with E-state index in [0.29, 0.717) is 17.7 Å². The smallest absolute Gasteiger partial charge is 0.284 e. The van der Waals surface area contributed by atoms with Crippen LogP contribution in [0.4, 0.5) is 14.5 Å². The average Bonchev–Trinajstić information content (AvgIpc) is 3.37. The molecule has 0 unspecified atom stereocenters. The second-order valence-corrected chi connectivity index (χ2v) is 8.27. The molecule has 1 saturated carbocycles. The third kappa shape index (κ3) is 4.24. The lowest BCUT2D eigenvalue weighted by Gasteiger charge is -2.30. The Kier molecular flexibility index (Phi) is 5.88. The van der Waals surface area contributed by atoms with Gasteiger partial charge in [0.2, 0.25) is 5.88 Å². The number of alkyl halides is 2. The van der Waals surface area contributed by atoms with E-state index in [0.717, 1.165) is 25.7 Å². The average molecular weight is 432 g/mol. The van der Waals surface area contributed by atoms with Gasteiger partial charge in [0.15, 0.2) is 11.3 Å². The number of carbonyl (C=O) groups is 1. The van der Waals surface area contributed by atoms with Crippen LogP contribution in [0.1, 0.15) is 68.0 Å². The van der Waals surface area contributed by atoms with Crippen molar-refractivity contribution in [3.63, 3.8) is 0 Å². The number of rotatable bonds is 6. The number of anilines is 1. The first-order valence-electron chi connectivity index (χ1n) is 10.4. The summed E-state index contributed by atoms with van der Waals surface area (Å²) in [5.74, 6) is 1.00. The van der Waals surface area contributed by atoms with Gasteiger partial charge < -0.3 is 10.1 Å². The van der Waals surface area contributed by atoms with Crippen LogP contribution in [-0.4, -0.2) is 37.4 Å². The fourth-order valence-electron chi connectivity index (χ4n) is 4.20. The zero-order valence-corrected chi connectivity index (χ0v) is 17.8. The summed E-state index contributed by atoms with van der Waals surface area (Å²) in [6, 6.07) is 1.66. The number of ether oxygens (including phenoxy) is 1. The van der Waals surface area contributed by atoms with Crippen LogP contribution in [0.5, 0.6) is 5.88 Å². The summed E-state index contributed by atoms with van der Waals surface area (Å²) < 4.78 is 35.4. The predicted octanol–water partition coefficient (Wildman–Crippen LogP) is 4.51. The Morgan fingerprint density at radius 2 is 2.00 bits per heavy atom. The van der Waals surface area contributed by atoms with Crippen molar-refractivity contribution >= 4 is 17.2 Å². The summed E-state index contributed by atoms with van der Waals surface area (Å²) in [5.41, 5.74) is 0.00808. The lowest BCUT2D eigenvalue weighted by atomic mass is 9.80. The Labute approximate surface area is 178 Å². The molecule has 3 aromatic rings. The second-order valence-electron chi connectivity index (χ2n) is 8.27. The number of nitrogens with one attached hydrogen (secondary N) is 1. The predicted molar refractivity (Wildman–Crippen MR) is 111 cm³/mol. The maximum absolute atomic E-state index is 13.6. The summed E-state index contributed by atoms with van der Waals surface area (Å²) in [7, 11) is 1.47. The molecule has 8 nitrogen and oxygen atoms in total. The summed E-state index contributed by atoms with van der Waals surface area (Å²) in [6.45, 7) is 4.43. The van der Waals surface area contributed by atoms with Gasteiger partial charge in [0.25, 0.3) is 12.3 Å². The van der Waals surface area contributed by atoms with Crippen molar-refractivity contribution in [3.05, 3.63) is 35.9 Å². The van der Waals surface area contributed by atoms with Gasteiger partial charge in [-0.25, -0.2) is 13.3 Å². The molecule has 0 atom stereocenters. The first kappa shape index (κ1) is 21.2. The van der Waals surface area contributed by atoms with Gasteiger partial charge in [-0.3, -0.25) is 9.48 Å². The van der Waals surface area contributed by atoms with Crippen molar-refractivity contribution in [2.24, 2.45) is 11.8 Å². The highest BCUT2D eigenvalue weighted by molar-refractivity contribution is 6.08. The van der Waals surface area contributed by atoms with E-state index in [1.807, 2.05) is 0 Å². The topological polar surface area (TPSA) is 86.3 Å². The van der Waals surface area contributed by atoms with Gasteiger partial charge in [0.1, 0.15) is 5.56 Å². The van der Waals surface area contributed by atoms with Crippen molar-refractivity contribution in [1.29, 1.82) is 0 Å². The maximum atomic E-state index is 13.6. The zero-order chi connectivity index (χ0) is 22.1. The van der Waals surface area contributed by atoms with Gasteiger partial charge in [-0.2, -0.15) is 15.2 Å². The molecule has 0 aliphatic heterocycles. The maximum Gasteiger partial charge on any atom is 0.284 e. The number of hydrogen-bond acceptors (Lipinski definition) is 5. The van der Waals surface area contributed by atoms with Gasteiger partial charge in [-0.15, -0.1) is 0 Å². The van der Waals surface area contributed by atoms with Crippen LogP contribution >= 0.6 is 0 Å². The van der Waals surface area contributed by atoms with Gasteiger partial charge in [-0.1, -0.05) is 13.8 Å². The van der Waals surface area contributed by atoms with Crippen molar-refractivity contribution < 1.29 is 18.3 Å². The number of amides is 1. The van der Waals surface area contributed by atoms with Crippen molar-refractivity contribution in [2.75, 3.05) is 12.4 Å². The highest BCUT2D eigenvalue weighted by Gasteiger charge is 2.28. The molecule has 1 aliphatic rings. The standard InChI is InChI=1S/C21H26F2N6O2/c1-12(2)13-4-6-14(7-5-13)29-11-16(18(27-29)19(22)23)25-21(30)15-10-24-28-9-8-17(31-3)26-20(15)28/h8-14,19H,4-7H2,1-3H3,(H,25,30). The molecule has 4 rings (SSSR count). The molecule has 1 aliphatic carbocycles. The summed E-state index contributed by atoms with van der Waals surface area (Å²) in [5, 5.41) is 10.8. The highest BCUT2D eigenvalue weighted by Crippen LogP contribution is 2.37. The molecule has 0 aromatic carbocycles. The molecule has 0 bridgehead atoms. The van der Waals surface area contributed by atoms with Gasteiger partial charge in [0, 0.05) is 18.5 Å². The number of hydrogen-bond donors (Lipinski definition) is 1. The van der Waals surface area contributed by atoms with Crippen LogP contribution in [0.2, 0.25) is 0 Å².